The predicted octanol–water partition coefficient (Wildman–Crippen LogP) is 3.69. The van der Waals surface area contributed by atoms with Crippen molar-refractivity contribution in [1.29, 1.82) is 0 Å². The monoisotopic (exact) mass is 1370 g/mol. The van der Waals surface area contributed by atoms with Gasteiger partial charge in [0.25, 0.3) is 0 Å². The van der Waals surface area contributed by atoms with E-state index in [0.29, 0.717) is 25.7 Å². The van der Waals surface area contributed by atoms with Crippen LogP contribution in [0.25, 0.3) is 6.08 Å². The normalized spacial score (nSPS) is 46.5. The second kappa shape index (κ2) is 30.1. The molecule has 2 aromatic rings. The molecule has 26 heteroatoms. The highest BCUT2D eigenvalue weighted by Crippen LogP contribution is 2.71. The Hall–Kier alpha value is -4.02. The van der Waals surface area contributed by atoms with Crippen LogP contribution in [0.15, 0.2) is 78.4 Å². The number of carbonyl (C=O) groups excluding carboxylic acids is 2. The highest BCUT2D eigenvalue weighted by molar-refractivity contribution is 5.89. The second-order valence-corrected chi connectivity index (χ2v) is 28.5. The van der Waals surface area contributed by atoms with E-state index in [1.54, 1.807) is 78.3 Å². The number of esters is 2. The van der Waals surface area contributed by atoms with Gasteiger partial charge in [-0.1, -0.05) is 74.0 Å². The van der Waals surface area contributed by atoms with E-state index in [0.717, 1.165) is 11.1 Å². The van der Waals surface area contributed by atoms with Crippen molar-refractivity contribution in [3.63, 3.8) is 0 Å². The first-order valence-corrected chi connectivity index (χ1v) is 34.2. The molecule has 8 fully saturated rings. The Morgan fingerprint density at radius 1 is 0.608 bits per heavy atom. The fourth-order valence-electron chi connectivity index (χ4n) is 17.6. The molecule has 5 aliphatic heterocycles. The van der Waals surface area contributed by atoms with Crippen molar-refractivity contribution in [3.8, 4) is 0 Å². The number of hydrogen-bond donors (Lipinski definition) is 8. The zero-order valence-electron chi connectivity index (χ0n) is 57.2. The molecule has 8 N–H and O–H groups in total. The third-order valence-electron chi connectivity index (χ3n) is 23.2. The number of aliphatic hydroxyl groups excluding tert-OH is 5. The summed E-state index contributed by atoms with van der Waals surface area (Å²) in [5.74, 6) is -1.99. The lowest BCUT2D eigenvalue weighted by Crippen LogP contribution is -2.78. The van der Waals surface area contributed by atoms with Crippen LogP contribution in [0.1, 0.15) is 129 Å². The lowest BCUT2D eigenvalue weighted by Gasteiger charge is -2.67. The smallest absolute Gasteiger partial charge is 0.338 e. The zero-order valence-corrected chi connectivity index (χ0v) is 57.2. The van der Waals surface area contributed by atoms with E-state index < -0.39 is 200 Å². The van der Waals surface area contributed by atoms with Crippen molar-refractivity contribution in [1.82, 2.24) is 0 Å². The number of ether oxygens (including phenoxy) is 16. The van der Waals surface area contributed by atoms with Gasteiger partial charge in [-0.05, 0) is 109 Å². The standard InChI is InChI=1S/C71H102O26/c1-36-59(94-53-32-46(83-9)60(37(2)87-53)95-54-33-47(84-10)61(38(3)88-54)96-66-58(77)63(85-11)62(39(4)89-66)97-65-57(76)56(75)55(74)48(35-72)92-65)45(82-8)31-52(86-36)91-44-25-26-67(6)43(30-44)24-27-70(80)49(67)34-50(93-51(73)23-22-41-18-14-12-15-19-41)68(7)69(79,28-29-71(68,70)81)40(5)90-64(78)42-20-16-13-17-21-42/h12-24,36-40,44-50,52-63,65-66,72,74-77,79-81H,25-35H2,1-11H3/b23-22-/t36-,37-,38-,39-,40+,44+,45+,46-,47-,48-,49-,50-,52+,53+,54+,55-,56+,57-,58-,59-,60-,61-,62-,63+,65+,66+,67+,68-,69-,70+,71-/m1/s1. The van der Waals surface area contributed by atoms with Gasteiger partial charge in [0.2, 0.25) is 0 Å². The maximum atomic E-state index is 14.0. The van der Waals surface area contributed by atoms with Crippen LogP contribution >= 0.6 is 0 Å². The third-order valence-corrected chi connectivity index (χ3v) is 23.2. The van der Waals surface area contributed by atoms with E-state index in [4.69, 9.17) is 75.8 Å². The summed E-state index contributed by atoms with van der Waals surface area (Å²) in [6, 6.07) is 17.7. The third kappa shape index (κ3) is 14.0. The van der Waals surface area contributed by atoms with Crippen LogP contribution in [0.2, 0.25) is 0 Å². The second-order valence-electron chi connectivity index (χ2n) is 28.5. The van der Waals surface area contributed by atoms with Gasteiger partial charge >= 0.3 is 11.9 Å². The molecule has 0 radical (unpaired) electrons. The first-order valence-electron chi connectivity index (χ1n) is 34.2. The van der Waals surface area contributed by atoms with Crippen LogP contribution in [0, 0.1) is 16.7 Å². The van der Waals surface area contributed by atoms with E-state index in [1.807, 2.05) is 50.3 Å². The topological polar surface area (TPSA) is 344 Å². The number of rotatable bonds is 21. The summed E-state index contributed by atoms with van der Waals surface area (Å²) in [7, 11) is 6.10. The van der Waals surface area contributed by atoms with Crippen LogP contribution in [-0.2, 0) is 80.6 Å². The van der Waals surface area contributed by atoms with Gasteiger partial charge in [-0.3, -0.25) is 0 Å². The van der Waals surface area contributed by atoms with Crippen LogP contribution < -0.4 is 0 Å². The van der Waals surface area contributed by atoms with Crippen molar-refractivity contribution < 1.29 is 126 Å². The van der Waals surface area contributed by atoms with Crippen molar-refractivity contribution in [2.24, 2.45) is 16.7 Å². The molecule has 11 rings (SSSR count). The molecule has 31 atom stereocenters. The Bertz CT molecular complexity index is 3020. The number of methoxy groups -OCH3 is 4. The molecule has 26 nitrogen and oxygen atoms in total. The van der Waals surface area contributed by atoms with E-state index in [-0.39, 0.29) is 50.2 Å². The lowest BCUT2D eigenvalue weighted by molar-refractivity contribution is -0.374. The highest BCUT2D eigenvalue weighted by Gasteiger charge is 2.82. The van der Waals surface area contributed by atoms with Gasteiger partial charge in [0.05, 0.1) is 66.4 Å². The summed E-state index contributed by atoms with van der Waals surface area (Å²) in [4.78, 5) is 27.6. The van der Waals surface area contributed by atoms with Crippen molar-refractivity contribution in [2.75, 3.05) is 35.0 Å². The molecular formula is C71H102O26. The number of fused-ring (bicyclic) bond motifs is 5. The summed E-state index contributed by atoms with van der Waals surface area (Å²) in [6.45, 7) is 11.9. The largest absolute Gasteiger partial charge is 0.458 e. The maximum Gasteiger partial charge on any atom is 0.338 e. The molecule has 0 unspecified atom stereocenters. The minimum Gasteiger partial charge on any atom is -0.458 e. The summed E-state index contributed by atoms with van der Waals surface area (Å²) in [5, 5.41) is 92.5. The molecule has 0 amide bonds. The summed E-state index contributed by atoms with van der Waals surface area (Å²) in [6.07, 6.45) is -16.1. The van der Waals surface area contributed by atoms with Gasteiger partial charge in [0.15, 0.2) is 31.5 Å². The molecule has 97 heavy (non-hydrogen) atoms. The highest BCUT2D eigenvalue weighted by atomic mass is 16.8. The molecule has 0 spiro atoms. The minimum atomic E-state index is -2.02. The van der Waals surface area contributed by atoms with E-state index in [9.17, 15) is 50.4 Å². The van der Waals surface area contributed by atoms with Crippen LogP contribution in [-0.4, -0.2) is 258 Å². The molecule has 542 valence electrons. The van der Waals surface area contributed by atoms with Crippen LogP contribution in [0.4, 0.5) is 0 Å². The quantitative estimate of drug-likeness (QED) is 0.0502. The number of benzene rings is 2. The molecule has 5 saturated heterocycles. The Morgan fingerprint density at radius 2 is 1.14 bits per heavy atom. The fourth-order valence-corrected chi connectivity index (χ4v) is 17.6. The van der Waals surface area contributed by atoms with E-state index in [2.05, 4.69) is 6.92 Å². The van der Waals surface area contributed by atoms with Gasteiger partial charge in [0, 0.05) is 59.7 Å². The molecule has 5 heterocycles. The average Bonchev–Trinajstić information content (AvgIpc) is 1.58. The first-order chi connectivity index (χ1) is 46.2. The predicted molar refractivity (Wildman–Crippen MR) is 340 cm³/mol. The van der Waals surface area contributed by atoms with Gasteiger partial charge in [-0.15, -0.1) is 0 Å². The van der Waals surface area contributed by atoms with Gasteiger partial charge in [-0.25, -0.2) is 9.59 Å². The first kappa shape index (κ1) is 74.2. The van der Waals surface area contributed by atoms with Gasteiger partial charge in [-0.2, -0.15) is 0 Å². The minimum absolute atomic E-state index is 0.0466. The molecule has 3 saturated carbocycles. The summed E-state index contributed by atoms with van der Waals surface area (Å²) < 4.78 is 100. The Labute approximate surface area is 566 Å². The Kier molecular flexibility index (Phi) is 23.0. The number of aliphatic hydroxyl groups is 8. The molecule has 0 aromatic heterocycles. The summed E-state index contributed by atoms with van der Waals surface area (Å²) in [5.41, 5.74) is -6.11. The fraction of sp³-hybridized carbons (Fsp3) is 0.746. The van der Waals surface area contributed by atoms with Gasteiger partial charge in [0.1, 0.15) is 90.1 Å². The van der Waals surface area contributed by atoms with Crippen molar-refractivity contribution in [2.45, 2.75) is 283 Å². The number of hydrogen-bond acceptors (Lipinski definition) is 26. The van der Waals surface area contributed by atoms with Crippen molar-refractivity contribution in [3.05, 3.63) is 89.5 Å². The van der Waals surface area contributed by atoms with Gasteiger partial charge < -0.3 is 117 Å². The molecule has 9 aliphatic rings. The zero-order chi connectivity index (χ0) is 69.7. The SMILES string of the molecule is CO[C@H]1[C@@H](O)[C@H](O[C@@H]2[C@@H](C)O[C@@H](O[C@@H]3[C@@H](C)O[C@@H](O[C@H]4[C@@H](OC)C[C@H](O[C@H]5CC[C@@]6(C)C(=CC[C@]7(O)[C@@H]6C[C@@H](OC(=O)/C=C\c6ccccc6)[C@@]6(C)[C@]7(O)CC[C@@]6(O)[C@H](C)OC(=O)c6ccccc6)C5)O[C@@H]4C)C[C@H]3OC)C[C@H]2OC)O[C@H](C)[C@H]1O[C@@H]1O[C@H](CO)[C@@H](O)[C@H](O)[C@H]1O. The molecule has 4 aliphatic carbocycles. The van der Waals surface area contributed by atoms with E-state index >= 15 is 0 Å². The van der Waals surface area contributed by atoms with Crippen LogP contribution in [0.5, 0.6) is 0 Å². The molecular weight excluding hydrogens is 1270 g/mol. The maximum absolute atomic E-state index is 14.0. The van der Waals surface area contributed by atoms with Crippen molar-refractivity contribution >= 4 is 18.0 Å². The summed E-state index contributed by atoms with van der Waals surface area (Å²) >= 11 is 0. The Morgan fingerprint density at radius 3 is 1.71 bits per heavy atom. The van der Waals surface area contributed by atoms with E-state index in [1.165, 1.54) is 20.3 Å². The lowest BCUT2D eigenvalue weighted by atomic mass is 9.42. The Balaban J connectivity index is 0.698. The number of carbonyl (C=O) groups is 2. The molecule has 0 bridgehead atoms. The molecule has 2 aromatic carbocycles. The van der Waals surface area contributed by atoms with Crippen LogP contribution in [0.3, 0.4) is 0 Å². The average molecular weight is 1370 g/mol.